The third-order valence-corrected chi connectivity index (χ3v) is 1.44. The average Bonchev–Trinajstić information content (AvgIpc) is 1.86. The van der Waals surface area contributed by atoms with Crippen LogP contribution in [0.4, 0.5) is 0 Å². The minimum absolute atomic E-state index is 0.207. The maximum absolute atomic E-state index is 11.0. The van der Waals surface area contributed by atoms with Crippen LogP contribution in [0.1, 0.15) is 20.8 Å². The largest absolute Gasteiger partial charge is 0.467 e. The molecule has 3 heteroatoms. The number of ether oxygens (including phenoxy) is 2. The highest BCUT2D eigenvalue weighted by atomic mass is 16.6. The summed E-state index contributed by atoms with van der Waals surface area (Å²) in [6.07, 6.45) is -0.479. The van der Waals surface area contributed by atoms with Gasteiger partial charge in [-0.25, -0.2) is 4.79 Å². The molecule has 0 rings (SSSR count). The minimum atomic E-state index is -0.479. The smallest absolute Gasteiger partial charge is 0.335 e. The maximum atomic E-state index is 11.0. The predicted molar refractivity (Wildman–Crippen MR) is 42.3 cm³/mol. The first kappa shape index (κ1) is 10.4. The van der Waals surface area contributed by atoms with Crippen LogP contribution in [0.5, 0.6) is 0 Å². The van der Waals surface area contributed by atoms with Gasteiger partial charge in [-0.05, 0) is 5.41 Å². The van der Waals surface area contributed by atoms with Crippen LogP contribution in [0.2, 0.25) is 0 Å². The van der Waals surface area contributed by atoms with Gasteiger partial charge in [-0.1, -0.05) is 20.8 Å². The van der Waals surface area contributed by atoms with Crippen molar-refractivity contribution in [3.63, 3.8) is 0 Å². The Morgan fingerprint density at radius 3 is 1.82 bits per heavy atom. The van der Waals surface area contributed by atoms with E-state index in [2.05, 4.69) is 4.74 Å². The van der Waals surface area contributed by atoms with Crippen LogP contribution in [0.15, 0.2) is 0 Å². The van der Waals surface area contributed by atoms with Gasteiger partial charge in [0.15, 0.2) is 6.10 Å². The third-order valence-electron chi connectivity index (χ3n) is 1.44. The SMILES string of the molecule is COC(=O)[C@@H](OC)C(C)(C)C. The van der Waals surface area contributed by atoms with Gasteiger partial charge in [0, 0.05) is 7.11 Å². The van der Waals surface area contributed by atoms with Crippen LogP contribution < -0.4 is 0 Å². The van der Waals surface area contributed by atoms with E-state index in [1.165, 1.54) is 14.2 Å². The van der Waals surface area contributed by atoms with Crippen LogP contribution in [0.3, 0.4) is 0 Å². The second-order valence-electron chi connectivity index (χ2n) is 3.50. The fourth-order valence-electron chi connectivity index (χ4n) is 0.910. The molecule has 0 unspecified atom stereocenters. The third kappa shape index (κ3) is 2.89. The van der Waals surface area contributed by atoms with Crippen molar-refractivity contribution in [2.24, 2.45) is 5.41 Å². The Morgan fingerprint density at radius 1 is 1.27 bits per heavy atom. The highest BCUT2D eigenvalue weighted by Crippen LogP contribution is 2.22. The average molecular weight is 160 g/mol. The van der Waals surface area contributed by atoms with Crippen molar-refractivity contribution in [2.75, 3.05) is 14.2 Å². The summed E-state index contributed by atoms with van der Waals surface area (Å²) in [5.41, 5.74) is -0.207. The van der Waals surface area contributed by atoms with Gasteiger partial charge in [-0.15, -0.1) is 0 Å². The molecule has 0 aromatic carbocycles. The molecule has 0 aromatic heterocycles. The molecule has 0 aliphatic carbocycles. The Labute approximate surface area is 67.7 Å². The molecule has 0 saturated carbocycles. The number of hydrogen-bond donors (Lipinski definition) is 0. The van der Waals surface area contributed by atoms with E-state index in [9.17, 15) is 4.79 Å². The van der Waals surface area contributed by atoms with Crippen molar-refractivity contribution in [2.45, 2.75) is 26.9 Å². The van der Waals surface area contributed by atoms with Gasteiger partial charge in [-0.3, -0.25) is 0 Å². The number of hydrogen-bond acceptors (Lipinski definition) is 3. The zero-order valence-corrected chi connectivity index (χ0v) is 7.80. The van der Waals surface area contributed by atoms with Crippen molar-refractivity contribution in [1.29, 1.82) is 0 Å². The van der Waals surface area contributed by atoms with Gasteiger partial charge in [0.1, 0.15) is 0 Å². The monoisotopic (exact) mass is 160 g/mol. The molecule has 0 radical (unpaired) electrons. The quantitative estimate of drug-likeness (QED) is 0.570. The highest BCUT2D eigenvalue weighted by molar-refractivity contribution is 5.75. The van der Waals surface area contributed by atoms with E-state index in [0.29, 0.717) is 0 Å². The second-order valence-corrected chi connectivity index (χ2v) is 3.50. The lowest BCUT2D eigenvalue weighted by Gasteiger charge is -2.26. The Kier molecular flexibility index (Phi) is 3.52. The topological polar surface area (TPSA) is 35.5 Å². The van der Waals surface area contributed by atoms with E-state index in [4.69, 9.17) is 4.74 Å². The number of carbonyl (C=O) groups excluding carboxylic acids is 1. The molecule has 0 bridgehead atoms. The van der Waals surface area contributed by atoms with Crippen molar-refractivity contribution < 1.29 is 14.3 Å². The van der Waals surface area contributed by atoms with Gasteiger partial charge in [-0.2, -0.15) is 0 Å². The first-order valence-corrected chi connectivity index (χ1v) is 3.54. The van der Waals surface area contributed by atoms with Gasteiger partial charge in [0.25, 0.3) is 0 Å². The van der Waals surface area contributed by atoms with Crippen LogP contribution in [-0.4, -0.2) is 26.3 Å². The Hall–Kier alpha value is -0.570. The Morgan fingerprint density at radius 2 is 1.73 bits per heavy atom. The van der Waals surface area contributed by atoms with Crippen molar-refractivity contribution >= 4 is 5.97 Å². The molecule has 0 aliphatic heterocycles. The fourth-order valence-corrected chi connectivity index (χ4v) is 0.910. The van der Waals surface area contributed by atoms with E-state index in [1.807, 2.05) is 20.8 Å². The molecule has 0 heterocycles. The van der Waals surface area contributed by atoms with Crippen LogP contribution in [0, 0.1) is 5.41 Å². The van der Waals surface area contributed by atoms with Gasteiger partial charge in [0.2, 0.25) is 0 Å². The summed E-state index contributed by atoms with van der Waals surface area (Å²) >= 11 is 0. The lowest BCUT2D eigenvalue weighted by atomic mass is 9.89. The molecule has 0 spiro atoms. The van der Waals surface area contributed by atoms with E-state index in [-0.39, 0.29) is 11.4 Å². The molecule has 11 heavy (non-hydrogen) atoms. The second kappa shape index (κ2) is 3.72. The minimum Gasteiger partial charge on any atom is -0.467 e. The van der Waals surface area contributed by atoms with Crippen molar-refractivity contribution in [3.05, 3.63) is 0 Å². The summed E-state index contributed by atoms with van der Waals surface area (Å²) in [5.74, 6) is -0.319. The predicted octanol–water partition coefficient (Wildman–Crippen LogP) is 1.22. The molecule has 3 nitrogen and oxygen atoms in total. The Balaban J connectivity index is 4.29. The highest BCUT2D eigenvalue weighted by Gasteiger charge is 2.31. The normalized spacial score (nSPS) is 14.3. The number of rotatable bonds is 2. The molecule has 0 aromatic rings. The molecular formula is C8H16O3. The summed E-state index contributed by atoms with van der Waals surface area (Å²) in [5, 5.41) is 0. The standard InChI is InChI=1S/C8H16O3/c1-8(2,3)6(10-4)7(9)11-5/h6H,1-5H3/t6-/m1/s1. The van der Waals surface area contributed by atoms with Crippen LogP contribution >= 0.6 is 0 Å². The van der Waals surface area contributed by atoms with Gasteiger partial charge < -0.3 is 9.47 Å². The van der Waals surface area contributed by atoms with Crippen LogP contribution in [-0.2, 0) is 14.3 Å². The summed E-state index contributed by atoms with van der Waals surface area (Å²) in [7, 11) is 2.87. The summed E-state index contributed by atoms with van der Waals surface area (Å²) in [4.78, 5) is 11.0. The molecular weight excluding hydrogens is 144 g/mol. The number of carbonyl (C=O) groups is 1. The van der Waals surface area contributed by atoms with E-state index >= 15 is 0 Å². The van der Waals surface area contributed by atoms with Gasteiger partial charge >= 0.3 is 5.97 Å². The summed E-state index contributed by atoms with van der Waals surface area (Å²) in [6.45, 7) is 5.79. The van der Waals surface area contributed by atoms with Crippen molar-refractivity contribution in [1.82, 2.24) is 0 Å². The van der Waals surface area contributed by atoms with Crippen molar-refractivity contribution in [3.8, 4) is 0 Å². The Bertz CT molecular complexity index is 135. The lowest BCUT2D eigenvalue weighted by Crippen LogP contribution is -2.36. The van der Waals surface area contributed by atoms with E-state index < -0.39 is 6.10 Å². The first-order chi connectivity index (χ1) is 4.93. The van der Waals surface area contributed by atoms with E-state index in [1.54, 1.807) is 0 Å². The maximum Gasteiger partial charge on any atom is 0.335 e. The zero-order valence-electron chi connectivity index (χ0n) is 7.80. The summed E-state index contributed by atoms with van der Waals surface area (Å²) < 4.78 is 9.56. The molecule has 0 saturated heterocycles. The zero-order chi connectivity index (χ0) is 9.07. The molecule has 66 valence electrons. The molecule has 0 amide bonds. The first-order valence-electron chi connectivity index (χ1n) is 3.54. The lowest BCUT2D eigenvalue weighted by molar-refractivity contribution is -0.158. The number of methoxy groups -OCH3 is 2. The molecule has 0 N–H and O–H groups in total. The molecule has 1 atom stereocenters. The number of esters is 1. The van der Waals surface area contributed by atoms with Gasteiger partial charge in [0.05, 0.1) is 7.11 Å². The fraction of sp³-hybridized carbons (Fsp3) is 0.875. The summed E-state index contributed by atoms with van der Waals surface area (Å²) in [6, 6.07) is 0. The van der Waals surface area contributed by atoms with E-state index in [0.717, 1.165) is 0 Å². The van der Waals surface area contributed by atoms with Crippen LogP contribution in [0.25, 0.3) is 0 Å². The molecule has 0 aliphatic rings. The molecule has 0 fully saturated rings.